The molecule has 1 heterocycles. The van der Waals surface area contributed by atoms with E-state index in [9.17, 15) is 4.79 Å². The highest BCUT2D eigenvalue weighted by molar-refractivity contribution is 5.98. The van der Waals surface area contributed by atoms with Crippen LogP contribution in [0.4, 0.5) is 0 Å². The molecule has 1 aromatic rings. The molecule has 1 N–H and O–H groups in total. The molecule has 2 rings (SSSR count). The molecule has 0 aliphatic carbocycles. The number of methoxy groups -OCH3 is 1. The average Bonchev–Trinajstić information content (AvgIpc) is 2.52. The number of carbonyl (C=O) groups is 1. The van der Waals surface area contributed by atoms with Crippen LogP contribution >= 0.6 is 0 Å². The van der Waals surface area contributed by atoms with Crippen molar-refractivity contribution in [2.45, 2.75) is 33.1 Å². The first kappa shape index (κ1) is 17.0. The lowest BCUT2D eigenvalue weighted by Crippen LogP contribution is -2.44. The molecule has 1 saturated heterocycles. The standard InChI is InChI=1S/C18H28N2O2/c1-13(2)15-12-16(14(3)11-18(15)22-4)17(21)5-8-20-9-6-19-7-10-20/h11-13,19H,5-10H2,1-4H3. The molecule has 22 heavy (non-hydrogen) atoms. The fourth-order valence-electron chi connectivity index (χ4n) is 2.96. The van der Waals surface area contributed by atoms with Gasteiger partial charge in [0.1, 0.15) is 5.75 Å². The zero-order valence-electron chi connectivity index (χ0n) is 14.2. The van der Waals surface area contributed by atoms with E-state index in [4.69, 9.17) is 4.74 Å². The van der Waals surface area contributed by atoms with Crippen LogP contribution in [0.15, 0.2) is 12.1 Å². The quantitative estimate of drug-likeness (QED) is 0.820. The van der Waals surface area contributed by atoms with Crippen LogP contribution in [0.1, 0.15) is 47.7 Å². The summed E-state index contributed by atoms with van der Waals surface area (Å²) in [6, 6.07) is 4.02. The molecule has 4 nitrogen and oxygen atoms in total. The number of Topliss-reactive ketones (excluding diaryl/α,β-unsaturated/α-hetero) is 1. The van der Waals surface area contributed by atoms with Crippen molar-refractivity contribution in [1.29, 1.82) is 0 Å². The van der Waals surface area contributed by atoms with E-state index in [1.807, 2.05) is 19.1 Å². The number of benzene rings is 1. The summed E-state index contributed by atoms with van der Waals surface area (Å²) in [5, 5.41) is 3.34. The molecule has 0 radical (unpaired) electrons. The summed E-state index contributed by atoms with van der Waals surface area (Å²) >= 11 is 0. The van der Waals surface area contributed by atoms with Gasteiger partial charge in [0.15, 0.2) is 5.78 Å². The third-order valence-electron chi connectivity index (χ3n) is 4.36. The summed E-state index contributed by atoms with van der Waals surface area (Å²) in [5.41, 5.74) is 2.96. The molecule has 0 bridgehead atoms. The Labute approximate surface area is 133 Å². The summed E-state index contributed by atoms with van der Waals surface area (Å²) in [6.07, 6.45) is 0.588. The second-order valence-corrected chi connectivity index (χ2v) is 6.33. The minimum atomic E-state index is 0.237. The van der Waals surface area contributed by atoms with Gasteiger partial charge in [0, 0.05) is 44.7 Å². The summed E-state index contributed by atoms with van der Waals surface area (Å²) in [5.74, 6) is 1.46. The van der Waals surface area contributed by atoms with Crippen LogP contribution in [0.2, 0.25) is 0 Å². The lowest BCUT2D eigenvalue weighted by Gasteiger charge is -2.26. The number of nitrogens with one attached hydrogen (secondary N) is 1. The molecule has 1 aromatic carbocycles. The first-order valence-corrected chi connectivity index (χ1v) is 8.17. The van der Waals surface area contributed by atoms with Crippen molar-refractivity contribution in [1.82, 2.24) is 10.2 Å². The van der Waals surface area contributed by atoms with Crippen LogP contribution in [-0.4, -0.2) is 50.5 Å². The first-order valence-electron chi connectivity index (χ1n) is 8.17. The van der Waals surface area contributed by atoms with Crippen molar-refractivity contribution < 1.29 is 9.53 Å². The van der Waals surface area contributed by atoms with Gasteiger partial charge in [-0.05, 0) is 36.1 Å². The van der Waals surface area contributed by atoms with Gasteiger partial charge in [0.2, 0.25) is 0 Å². The molecule has 0 saturated carbocycles. The highest BCUT2D eigenvalue weighted by Crippen LogP contribution is 2.30. The van der Waals surface area contributed by atoms with Crippen molar-refractivity contribution in [3.63, 3.8) is 0 Å². The zero-order chi connectivity index (χ0) is 16.1. The Balaban J connectivity index is 2.09. The molecule has 0 unspecified atom stereocenters. The molecule has 0 atom stereocenters. The summed E-state index contributed by atoms with van der Waals surface area (Å²) in [7, 11) is 1.69. The Hall–Kier alpha value is -1.39. The fraction of sp³-hybridized carbons (Fsp3) is 0.611. The van der Waals surface area contributed by atoms with Crippen LogP contribution in [-0.2, 0) is 0 Å². The maximum Gasteiger partial charge on any atom is 0.164 e. The normalized spacial score (nSPS) is 16.0. The van der Waals surface area contributed by atoms with Crippen molar-refractivity contribution >= 4 is 5.78 Å². The van der Waals surface area contributed by atoms with Gasteiger partial charge in [0.25, 0.3) is 0 Å². The van der Waals surface area contributed by atoms with Crippen LogP contribution in [0.25, 0.3) is 0 Å². The van der Waals surface area contributed by atoms with Gasteiger partial charge in [-0.1, -0.05) is 13.8 Å². The number of ether oxygens (including phenoxy) is 1. The molecule has 0 spiro atoms. The second kappa shape index (κ2) is 7.75. The van der Waals surface area contributed by atoms with E-state index in [0.717, 1.165) is 55.2 Å². The summed E-state index contributed by atoms with van der Waals surface area (Å²) < 4.78 is 5.45. The number of rotatable bonds is 6. The molecule has 122 valence electrons. The summed E-state index contributed by atoms with van der Waals surface area (Å²) in [4.78, 5) is 15.0. The van der Waals surface area contributed by atoms with E-state index in [0.29, 0.717) is 12.3 Å². The molecule has 1 fully saturated rings. The minimum absolute atomic E-state index is 0.237. The molecular formula is C18H28N2O2. The highest BCUT2D eigenvalue weighted by atomic mass is 16.5. The number of piperazine rings is 1. The first-order chi connectivity index (χ1) is 10.5. The van der Waals surface area contributed by atoms with E-state index in [2.05, 4.69) is 24.1 Å². The lowest BCUT2D eigenvalue weighted by atomic mass is 9.93. The molecular weight excluding hydrogens is 276 g/mol. The van der Waals surface area contributed by atoms with Gasteiger partial charge in [-0.15, -0.1) is 0 Å². The molecule has 1 aliphatic rings. The Bertz CT molecular complexity index is 520. The van der Waals surface area contributed by atoms with Gasteiger partial charge < -0.3 is 15.0 Å². The third kappa shape index (κ3) is 4.08. The van der Waals surface area contributed by atoms with E-state index in [1.54, 1.807) is 7.11 Å². The van der Waals surface area contributed by atoms with Crippen molar-refractivity contribution in [2.24, 2.45) is 0 Å². The molecule has 0 amide bonds. The smallest absolute Gasteiger partial charge is 0.164 e. The largest absolute Gasteiger partial charge is 0.496 e. The van der Waals surface area contributed by atoms with Gasteiger partial charge in [-0.3, -0.25) is 4.79 Å². The topological polar surface area (TPSA) is 41.6 Å². The molecule has 1 aliphatic heterocycles. The predicted octanol–water partition coefficient (Wildman–Crippen LogP) is 2.61. The number of ketones is 1. The second-order valence-electron chi connectivity index (χ2n) is 6.33. The number of nitrogens with zero attached hydrogens (tertiary/aromatic N) is 1. The third-order valence-corrected chi connectivity index (χ3v) is 4.36. The van der Waals surface area contributed by atoms with Gasteiger partial charge in [-0.25, -0.2) is 0 Å². The minimum Gasteiger partial charge on any atom is -0.496 e. The highest BCUT2D eigenvalue weighted by Gasteiger charge is 2.17. The maximum absolute atomic E-state index is 12.6. The van der Waals surface area contributed by atoms with E-state index < -0.39 is 0 Å². The van der Waals surface area contributed by atoms with Gasteiger partial charge >= 0.3 is 0 Å². The Morgan fingerprint density at radius 2 is 2.00 bits per heavy atom. The van der Waals surface area contributed by atoms with Crippen molar-refractivity contribution in [3.8, 4) is 5.75 Å². The maximum atomic E-state index is 12.6. The number of hydrogen-bond donors (Lipinski definition) is 1. The van der Waals surface area contributed by atoms with Crippen molar-refractivity contribution in [2.75, 3.05) is 39.8 Å². The SMILES string of the molecule is COc1cc(C)c(C(=O)CCN2CCNCC2)cc1C(C)C. The lowest BCUT2D eigenvalue weighted by molar-refractivity contribution is 0.0960. The Morgan fingerprint density at radius 1 is 1.32 bits per heavy atom. The zero-order valence-corrected chi connectivity index (χ0v) is 14.2. The van der Waals surface area contributed by atoms with E-state index >= 15 is 0 Å². The van der Waals surface area contributed by atoms with Crippen LogP contribution < -0.4 is 10.1 Å². The monoisotopic (exact) mass is 304 g/mol. The number of hydrogen-bond acceptors (Lipinski definition) is 4. The van der Waals surface area contributed by atoms with Gasteiger partial charge in [-0.2, -0.15) is 0 Å². The predicted molar refractivity (Wildman–Crippen MR) is 90.1 cm³/mol. The van der Waals surface area contributed by atoms with Gasteiger partial charge in [0.05, 0.1) is 7.11 Å². The van der Waals surface area contributed by atoms with Crippen LogP contribution in [0, 0.1) is 6.92 Å². The van der Waals surface area contributed by atoms with E-state index in [1.165, 1.54) is 0 Å². The fourth-order valence-corrected chi connectivity index (χ4v) is 2.96. The summed E-state index contributed by atoms with van der Waals surface area (Å²) in [6.45, 7) is 11.2. The average molecular weight is 304 g/mol. The van der Waals surface area contributed by atoms with E-state index in [-0.39, 0.29) is 5.78 Å². The van der Waals surface area contributed by atoms with Crippen molar-refractivity contribution in [3.05, 3.63) is 28.8 Å². The Morgan fingerprint density at radius 3 is 2.59 bits per heavy atom. The van der Waals surface area contributed by atoms with Crippen LogP contribution in [0.5, 0.6) is 5.75 Å². The Kier molecular flexibility index (Phi) is 5.98. The van der Waals surface area contributed by atoms with Crippen LogP contribution in [0.3, 0.4) is 0 Å². The molecule has 0 aromatic heterocycles. The number of carbonyl (C=O) groups excluding carboxylic acids is 1. The molecule has 4 heteroatoms. The number of aryl methyl sites for hydroxylation is 1.